The van der Waals surface area contributed by atoms with Crippen LogP contribution in [-0.4, -0.2) is 53.1 Å². The van der Waals surface area contributed by atoms with Gasteiger partial charge in [0.2, 0.25) is 0 Å². The summed E-state index contributed by atoms with van der Waals surface area (Å²) in [7, 11) is 0. The van der Waals surface area contributed by atoms with Crippen LogP contribution in [0.15, 0.2) is 47.0 Å². The third kappa shape index (κ3) is 8.92. The van der Waals surface area contributed by atoms with Crippen LogP contribution < -0.4 is 5.32 Å². The molecule has 1 atom stereocenters. The molecule has 2 rings (SSSR count). The number of carboxylic acid groups (broad SMARTS) is 1. The summed E-state index contributed by atoms with van der Waals surface area (Å²) in [4.78, 5) is 38.3. The van der Waals surface area contributed by atoms with Crippen molar-refractivity contribution < 1.29 is 29.0 Å². The minimum absolute atomic E-state index is 0.0727. The molecule has 0 radical (unpaired) electrons. The van der Waals surface area contributed by atoms with Gasteiger partial charge in [0.1, 0.15) is 17.1 Å². The molecular weight excluding hydrogens is 448 g/mol. The van der Waals surface area contributed by atoms with E-state index in [4.69, 9.17) is 14.6 Å². The number of rotatable bonds is 9. The Morgan fingerprint density at radius 1 is 1.23 bits per heavy atom. The topological polar surface area (TPSA) is 105 Å². The number of alkyl carbamates (subject to hydrolysis) is 1. The lowest BCUT2D eigenvalue weighted by molar-refractivity contribution is -0.131. The number of amides is 1. The molecular formula is C27H40N2O6. The van der Waals surface area contributed by atoms with Crippen LogP contribution in [0.25, 0.3) is 0 Å². The van der Waals surface area contributed by atoms with E-state index in [9.17, 15) is 14.4 Å². The fourth-order valence-electron chi connectivity index (χ4n) is 3.80. The Hall–Kier alpha value is -3.03. The molecule has 194 valence electrons. The average Bonchev–Trinajstić information content (AvgIpc) is 2.69. The largest absolute Gasteiger partial charge is 0.491 e. The van der Waals surface area contributed by atoms with Gasteiger partial charge >= 0.3 is 12.1 Å². The number of nitrogens with zero attached hydrogens (tertiary/aromatic N) is 1. The monoisotopic (exact) mass is 488 g/mol. The van der Waals surface area contributed by atoms with E-state index in [2.05, 4.69) is 33.0 Å². The number of nitrogens with one attached hydrogen (secondary N) is 1. The van der Waals surface area contributed by atoms with Gasteiger partial charge in [0.05, 0.1) is 24.8 Å². The van der Waals surface area contributed by atoms with E-state index in [1.54, 1.807) is 26.8 Å². The van der Waals surface area contributed by atoms with Gasteiger partial charge in [0.25, 0.3) is 0 Å². The van der Waals surface area contributed by atoms with Crippen LogP contribution in [0.2, 0.25) is 0 Å². The molecule has 0 saturated heterocycles. The number of ketones is 1. The van der Waals surface area contributed by atoms with Gasteiger partial charge in [-0.2, -0.15) is 0 Å². The van der Waals surface area contributed by atoms with Gasteiger partial charge in [-0.1, -0.05) is 46.3 Å². The number of Topliss-reactive ketones (excluding diaryl/α,β-unsaturated/α-hetero) is 1. The molecule has 0 aromatic carbocycles. The second-order valence-corrected chi connectivity index (χ2v) is 11.1. The highest BCUT2D eigenvalue weighted by Crippen LogP contribution is 2.39. The highest BCUT2D eigenvalue weighted by molar-refractivity contribution is 5.91. The third-order valence-corrected chi connectivity index (χ3v) is 5.23. The third-order valence-electron chi connectivity index (χ3n) is 5.23. The molecule has 8 nitrogen and oxygen atoms in total. The van der Waals surface area contributed by atoms with Crippen molar-refractivity contribution in [2.45, 2.75) is 73.3 Å². The summed E-state index contributed by atoms with van der Waals surface area (Å²) in [6, 6.07) is 0. The average molecular weight is 489 g/mol. The highest BCUT2D eigenvalue weighted by atomic mass is 16.6. The molecule has 0 aromatic rings. The molecule has 8 heteroatoms. The van der Waals surface area contributed by atoms with Crippen molar-refractivity contribution in [1.29, 1.82) is 0 Å². The predicted octanol–water partition coefficient (Wildman–Crippen LogP) is 4.94. The van der Waals surface area contributed by atoms with Gasteiger partial charge in [-0.15, -0.1) is 0 Å². The number of hydrogen-bond donors (Lipinski definition) is 2. The molecule has 1 amide bonds. The van der Waals surface area contributed by atoms with Crippen molar-refractivity contribution in [3.63, 3.8) is 0 Å². The van der Waals surface area contributed by atoms with Crippen LogP contribution in [0.3, 0.4) is 0 Å². The summed E-state index contributed by atoms with van der Waals surface area (Å²) in [6.45, 7) is 15.2. The number of carboxylic acids is 1. The fourth-order valence-corrected chi connectivity index (χ4v) is 3.80. The minimum Gasteiger partial charge on any atom is -0.491 e. The van der Waals surface area contributed by atoms with Crippen molar-refractivity contribution in [1.82, 2.24) is 10.2 Å². The Bertz CT molecular complexity index is 944. The summed E-state index contributed by atoms with van der Waals surface area (Å²) in [5.41, 5.74) is 1.67. The quantitative estimate of drug-likeness (QED) is 0.350. The van der Waals surface area contributed by atoms with Gasteiger partial charge in [-0.05, 0) is 38.2 Å². The Balaban J connectivity index is 2.53. The molecule has 0 bridgehead atoms. The van der Waals surface area contributed by atoms with Crippen molar-refractivity contribution in [3.05, 3.63) is 47.0 Å². The Labute approximate surface area is 208 Å². The number of carbonyl (C=O) groups is 3. The number of aliphatic carboxylic acids is 1. The van der Waals surface area contributed by atoms with Gasteiger partial charge < -0.3 is 24.8 Å². The van der Waals surface area contributed by atoms with Gasteiger partial charge in [-0.3, -0.25) is 4.79 Å². The minimum atomic E-state index is -1.10. The maximum absolute atomic E-state index is 12.8. The second kappa shape index (κ2) is 11.6. The standard InChI is InChI=1S/C27H40N2O6/c1-8-9-12-34-24-20-13-18(10-11-23(31)32)22(30)14-19(20)16-29(17-26(2,3)4)21(24)15-28-25(33)35-27(5,6)7/h10-11,13,16,18H,8-9,12,14-15,17H2,1-7H3,(H,28,33)(H,31,32)/b11-10+. The number of hydrogen-bond acceptors (Lipinski definition) is 6. The molecule has 0 aromatic heterocycles. The lowest BCUT2D eigenvalue weighted by Gasteiger charge is -2.38. The van der Waals surface area contributed by atoms with Crippen molar-refractivity contribution >= 4 is 17.8 Å². The molecule has 1 aliphatic carbocycles. The second-order valence-electron chi connectivity index (χ2n) is 11.1. The molecule has 0 saturated carbocycles. The molecule has 35 heavy (non-hydrogen) atoms. The first-order chi connectivity index (χ1) is 16.2. The van der Waals surface area contributed by atoms with E-state index >= 15 is 0 Å². The first kappa shape index (κ1) is 28.2. The summed E-state index contributed by atoms with van der Waals surface area (Å²) >= 11 is 0. The number of carbonyl (C=O) groups excluding carboxylic acids is 2. The lowest BCUT2D eigenvalue weighted by atomic mass is 9.82. The summed E-state index contributed by atoms with van der Waals surface area (Å²) in [5.74, 6) is -1.22. The first-order valence-corrected chi connectivity index (χ1v) is 12.2. The molecule has 1 heterocycles. The molecule has 0 fully saturated rings. The number of fused-ring (bicyclic) bond motifs is 1. The maximum Gasteiger partial charge on any atom is 0.407 e. The number of ether oxygens (including phenoxy) is 2. The maximum atomic E-state index is 12.8. The fraction of sp³-hybridized carbons (Fsp3) is 0.593. The van der Waals surface area contributed by atoms with E-state index in [0.717, 1.165) is 35.8 Å². The SMILES string of the molecule is CCCCOC1=C(CNC(=O)OC(C)(C)C)N(CC(C)(C)C)C=C2CC(=O)C(/C=C/C(=O)O)C=C21. The Morgan fingerprint density at radius 3 is 2.49 bits per heavy atom. The van der Waals surface area contributed by atoms with E-state index < -0.39 is 23.6 Å². The van der Waals surface area contributed by atoms with Crippen LogP contribution in [0.4, 0.5) is 4.79 Å². The van der Waals surface area contributed by atoms with Crippen molar-refractivity contribution in [2.75, 3.05) is 19.7 Å². The lowest BCUT2D eigenvalue weighted by Crippen LogP contribution is -2.40. The Kier molecular flexibility index (Phi) is 9.35. The summed E-state index contributed by atoms with van der Waals surface area (Å²) < 4.78 is 11.7. The van der Waals surface area contributed by atoms with E-state index in [1.807, 2.05) is 11.1 Å². The number of allylic oxidation sites excluding steroid dienone is 3. The van der Waals surface area contributed by atoms with Gasteiger partial charge in [0, 0.05) is 30.8 Å². The van der Waals surface area contributed by atoms with Gasteiger partial charge in [0.15, 0.2) is 0 Å². The van der Waals surface area contributed by atoms with Crippen LogP contribution in [0.1, 0.15) is 67.7 Å². The molecule has 2 aliphatic rings. The van der Waals surface area contributed by atoms with E-state index in [-0.39, 0.29) is 24.2 Å². The highest BCUT2D eigenvalue weighted by Gasteiger charge is 2.34. The normalized spacial score (nSPS) is 18.8. The van der Waals surface area contributed by atoms with Crippen LogP contribution in [-0.2, 0) is 19.1 Å². The Morgan fingerprint density at radius 2 is 1.91 bits per heavy atom. The van der Waals surface area contributed by atoms with Crippen molar-refractivity contribution in [2.24, 2.45) is 11.3 Å². The van der Waals surface area contributed by atoms with Crippen LogP contribution in [0.5, 0.6) is 0 Å². The molecule has 2 N–H and O–H groups in total. The molecule has 0 spiro atoms. The van der Waals surface area contributed by atoms with E-state index in [1.165, 1.54) is 6.08 Å². The smallest absolute Gasteiger partial charge is 0.407 e. The van der Waals surface area contributed by atoms with Gasteiger partial charge in [-0.25, -0.2) is 9.59 Å². The number of unbranched alkanes of at least 4 members (excludes halogenated alkanes) is 1. The zero-order valence-electron chi connectivity index (χ0n) is 22.1. The zero-order valence-corrected chi connectivity index (χ0v) is 22.1. The predicted molar refractivity (Wildman–Crippen MR) is 134 cm³/mol. The summed E-state index contributed by atoms with van der Waals surface area (Å²) in [6.07, 6.45) is 7.56. The zero-order chi connectivity index (χ0) is 26.4. The molecule has 1 unspecified atom stereocenters. The van der Waals surface area contributed by atoms with E-state index in [0.29, 0.717) is 18.9 Å². The van der Waals surface area contributed by atoms with Crippen molar-refractivity contribution in [3.8, 4) is 0 Å². The summed E-state index contributed by atoms with van der Waals surface area (Å²) in [5, 5.41) is 11.9. The van der Waals surface area contributed by atoms with Crippen LogP contribution >= 0.6 is 0 Å². The first-order valence-electron chi connectivity index (χ1n) is 12.2. The molecule has 1 aliphatic heterocycles. The van der Waals surface area contributed by atoms with Crippen LogP contribution in [0, 0.1) is 11.3 Å².